The largest absolute Gasteiger partial charge is 0.260 e. The molecule has 15 heteroatoms. The van der Waals surface area contributed by atoms with E-state index in [1.807, 2.05) is 18.2 Å². The van der Waals surface area contributed by atoms with Crippen molar-refractivity contribution in [1.29, 1.82) is 0 Å². The van der Waals surface area contributed by atoms with Gasteiger partial charge in [0.25, 0.3) is 0 Å². The van der Waals surface area contributed by atoms with Crippen LogP contribution < -0.4 is 31.1 Å². The lowest BCUT2D eigenvalue weighted by molar-refractivity contribution is 0.729. The van der Waals surface area contributed by atoms with Gasteiger partial charge in [0, 0.05) is 189 Å². The Balaban J connectivity index is 0.609. The molecule has 624 valence electrons. The molecule has 130 heavy (non-hydrogen) atoms. The summed E-state index contributed by atoms with van der Waals surface area (Å²) in [5.74, 6) is 2.16. The van der Waals surface area contributed by atoms with Crippen molar-refractivity contribution in [3.63, 3.8) is 0 Å². The predicted octanol–water partition coefficient (Wildman–Crippen LogP) is 22.2. The Kier molecular flexibility index (Phi) is 20.9. The van der Waals surface area contributed by atoms with Gasteiger partial charge in [0.1, 0.15) is 16.1 Å². The maximum atomic E-state index is 5.50. The first-order valence-electron chi connectivity index (χ1n) is 45.0. The highest BCUT2D eigenvalue weighted by Crippen LogP contribution is 2.44. The van der Waals surface area contributed by atoms with Crippen LogP contribution in [0.5, 0.6) is 0 Å². The van der Waals surface area contributed by atoms with Gasteiger partial charge >= 0.3 is 0 Å². The van der Waals surface area contributed by atoms with E-state index < -0.39 is 25.7 Å². The lowest BCUT2D eigenvalue weighted by Gasteiger charge is -2.22. The summed E-state index contributed by atoms with van der Waals surface area (Å²) >= 11 is 0. The number of benzene rings is 10. The summed E-state index contributed by atoms with van der Waals surface area (Å²) < 4.78 is 0. The number of nitrogens with zero attached hydrogens (tertiary/aromatic N) is 12. The molecule has 0 saturated heterocycles. The summed E-state index contributed by atoms with van der Waals surface area (Å²) in [5.41, 5.74) is 34.0. The van der Waals surface area contributed by atoms with Gasteiger partial charge in [-0.1, -0.05) is 330 Å². The number of aromatic nitrogens is 12. The fourth-order valence-corrected chi connectivity index (χ4v) is 27.9. The third-order valence-electron chi connectivity index (χ3n) is 26.9. The molecule has 22 rings (SSSR count). The summed E-state index contributed by atoms with van der Waals surface area (Å²) in [4.78, 5) is 65.1. The minimum atomic E-state index is -2.44. The Morgan fingerprint density at radius 1 is 0.223 bits per heavy atom. The summed E-state index contributed by atoms with van der Waals surface area (Å²) in [6.45, 7) is 16.9. The van der Waals surface area contributed by atoms with Gasteiger partial charge in [-0.05, 0) is 94.6 Å². The van der Waals surface area contributed by atoms with Crippen LogP contribution in [-0.4, -0.2) is 85.5 Å². The Hall–Kier alpha value is -15.0. The molecular formula is C115H92N12Si3. The molecule has 0 aliphatic carbocycles. The smallest absolute Gasteiger partial charge is 0.160 e. The van der Waals surface area contributed by atoms with Gasteiger partial charge in [-0.15, -0.1) is 0 Å². The molecule has 0 N–H and O–H groups in total. The Bertz CT molecular complexity index is 7080. The molecule has 3 aliphatic rings. The molecule has 12 heterocycles. The van der Waals surface area contributed by atoms with E-state index in [1.54, 1.807) is 0 Å². The number of hydrogen-bond donors (Lipinski definition) is 0. The molecule has 3 atom stereocenters. The lowest BCUT2D eigenvalue weighted by atomic mass is 9.90. The fraction of sp³-hybridized carbons (Fsp3) is 0.113. The van der Waals surface area contributed by atoms with Crippen LogP contribution in [0.3, 0.4) is 0 Å². The fourth-order valence-electron chi connectivity index (χ4n) is 19.8. The second-order valence-electron chi connectivity index (χ2n) is 36.0. The van der Waals surface area contributed by atoms with E-state index >= 15 is 0 Å². The van der Waals surface area contributed by atoms with E-state index in [-0.39, 0.29) is 17.8 Å². The molecule has 0 radical (unpaired) electrons. The predicted molar refractivity (Wildman–Crippen MR) is 539 cm³/mol. The highest BCUT2D eigenvalue weighted by molar-refractivity contribution is 7.04. The number of rotatable bonds is 21. The van der Waals surface area contributed by atoms with Crippen LogP contribution in [0.1, 0.15) is 72.3 Å². The first-order chi connectivity index (χ1) is 63.6. The van der Waals surface area contributed by atoms with Crippen molar-refractivity contribution >= 4 is 56.8 Å². The summed E-state index contributed by atoms with van der Waals surface area (Å²) in [5, 5.41) is 8.12. The number of hydrogen-bond acceptors (Lipinski definition) is 12. The SMILES string of the molecule is CC(Cc1c(-c2ccccc2)nc(-c2ccccc2)nc1-c1ccccc1)c1cc2c(cn1)-c1cnc(-c3cc(-c4cc5c(cn4)-c4cnc(C(C)Cc6c(-c7ccccc7)nc(-c7ccccc7)nc6-c6ccccc6)cc4[Si]5(C)C)cc(-c4cc5c(cn4)-c4cnc(C(C)Cc6c(-c7ccccc7)nc(-c7ccccc7)nc6-c6ccccc6)cc4[Si]5(C)C)c3)cc1[SiH2]2. The molecule has 12 nitrogen and oxygen atoms in total. The van der Waals surface area contributed by atoms with Gasteiger partial charge in [0.05, 0.1) is 60.8 Å². The number of fused-ring (bicyclic) bond motifs is 9. The Morgan fingerprint density at radius 2 is 0.438 bits per heavy atom. The molecule has 3 aliphatic heterocycles. The normalized spacial score (nSPS) is 13.8. The molecule has 0 bridgehead atoms. The lowest BCUT2D eigenvalue weighted by Crippen LogP contribution is -2.49. The first kappa shape index (κ1) is 80.8. The molecule has 0 fully saturated rings. The van der Waals surface area contributed by atoms with Gasteiger partial charge in [-0.3, -0.25) is 29.9 Å². The van der Waals surface area contributed by atoms with Gasteiger partial charge in [-0.25, -0.2) is 29.9 Å². The molecule has 0 saturated carbocycles. The van der Waals surface area contributed by atoms with Gasteiger partial charge in [0.15, 0.2) is 17.5 Å². The maximum absolute atomic E-state index is 5.50. The van der Waals surface area contributed by atoms with Gasteiger partial charge < -0.3 is 0 Å². The highest BCUT2D eigenvalue weighted by atomic mass is 28.3. The molecule has 0 amide bonds. The zero-order valence-electron chi connectivity index (χ0n) is 73.6. The van der Waals surface area contributed by atoms with Crippen molar-refractivity contribution in [1.82, 2.24) is 59.8 Å². The third kappa shape index (κ3) is 15.0. The van der Waals surface area contributed by atoms with Gasteiger partial charge in [-0.2, -0.15) is 0 Å². The zero-order valence-corrected chi connectivity index (χ0v) is 77.0. The van der Waals surface area contributed by atoms with Crippen molar-refractivity contribution in [2.75, 3.05) is 0 Å². The van der Waals surface area contributed by atoms with Crippen LogP contribution in [0.4, 0.5) is 0 Å². The molecular weight excluding hydrogens is 1630 g/mol. The molecule has 0 spiro atoms. The van der Waals surface area contributed by atoms with Crippen molar-refractivity contribution in [3.8, 4) is 169 Å². The minimum absolute atomic E-state index is 0.0128. The van der Waals surface area contributed by atoms with Crippen molar-refractivity contribution < 1.29 is 0 Å². The van der Waals surface area contributed by atoms with Crippen LogP contribution in [0, 0.1) is 0 Å². The van der Waals surface area contributed by atoms with E-state index in [0.29, 0.717) is 36.7 Å². The Labute approximate surface area is 762 Å². The highest BCUT2D eigenvalue weighted by Gasteiger charge is 2.42. The van der Waals surface area contributed by atoms with Gasteiger partial charge in [0.2, 0.25) is 0 Å². The van der Waals surface area contributed by atoms with E-state index in [1.165, 1.54) is 36.7 Å². The van der Waals surface area contributed by atoms with E-state index in [9.17, 15) is 0 Å². The second kappa shape index (κ2) is 33.6. The quantitative estimate of drug-likeness (QED) is 0.0629. The topological polar surface area (TPSA) is 155 Å². The molecule has 19 aromatic rings. The summed E-state index contributed by atoms with van der Waals surface area (Å²) in [6.07, 6.45) is 14.7. The van der Waals surface area contributed by atoms with Crippen molar-refractivity contribution in [3.05, 3.63) is 399 Å². The van der Waals surface area contributed by atoms with Crippen LogP contribution in [0.15, 0.2) is 365 Å². The standard InChI is InChI=1S/C115H92N12Si3/c1-71(53-86-107(74-35-17-8-18-36-74)122-113(80-47-29-14-30-48-80)123-108(86)75-37-19-9-20-38-75)95-59-101-89(65-116-95)90-66-119-98(60-102(90)128-101)83-56-84(99-63-105-93(69-120-99)91-67-117-96(61-103(91)129(105,4)5)72(2)54-87-109(76-39-21-10-22-40-76)124-114(81-49-31-15-32-50-81)125-110(87)77-41-23-11-24-42-77)58-85(57-83)100-64-106-94(70-121-100)92-68-118-97(62-104(92)130(106,6)7)73(3)55-88-111(78-43-25-12-26-44-78)126-115(82-51-33-16-34-52-82)127-112(88)79-45-27-13-28-46-79/h8-52,56-73H,53-55,128H2,1-7H3. The third-order valence-corrected chi connectivity index (χ3v) is 35.8. The number of pyridine rings is 6. The summed E-state index contributed by atoms with van der Waals surface area (Å²) in [6, 6.07) is 116. The molecule has 3 unspecified atom stereocenters. The maximum Gasteiger partial charge on any atom is 0.160 e. The van der Waals surface area contributed by atoms with Crippen LogP contribution in [0.25, 0.3) is 169 Å². The second-order valence-corrected chi connectivity index (χ2v) is 46.6. The van der Waals surface area contributed by atoms with Crippen LogP contribution in [0.2, 0.25) is 26.2 Å². The monoisotopic (exact) mass is 1720 g/mol. The summed E-state index contributed by atoms with van der Waals surface area (Å²) in [7, 11) is -5.90. The van der Waals surface area contributed by atoms with Crippen molar-refractivity contribution in [2.45, 2.75) is 84.0 Å². The first-order valence-corrected chi connectivity index (χ1v) is 52.5. The van der Waals surface area contributed by atoms with Crippen LogP contribution >= 0.6 is 0 Å². The zero-order chi connectivity index (χ0) is 87.7. The average molecular weight is 1730 g/mol. The van der Waals surface area contributed by atoms with E-state index in [0.717, 1.165) is 180 Å². The van der Waals surface area contributed by atoms with Crippen molar-refractivity contribution in [2.24, 2.45) is 0 Å². The average Bonchev–Trinajstić information content (AvgIpc) is 1.57. The molecule has 10 aromatic carbocycles. The van der Waals surface area contributed by atoms with E-state index in [2.05, 4.69) is 394 Å². The van der Waals surface area contributed by atoms with Crippen LogP contribution in [-0.2, 0) is 19.3 Å². The minimum Gasteiger partial charge on any atom is -0.260 e. The van der Waals surface area contributed by atoms with E-state index in [4.69, 9.17) is 59.8 Å². The molecule has 9 aromatic heterocycles. The Morgan fingerprint density at radius 3 is 0.715 bits per heavy atom.